The molecule has 0 bridgehead atoms. The van der Waals surface area contributed by atoms with Crippen LogP contribution in [0.1, 0.15) is 78.0 Å². The smallest absolute Gasteiger partial charge is 0.310 e. The summed E-state index contributed by atoms with van der Waals surface area (Å²) in [5, 5.41) is 0. The number of piperidine rings is 1. The van der Waals surface area contributed by atoms with Crippen LogP contribution in [0.3, 0.4) is 0 Å². The number of carbonyl (C=O) groups excluding carboxylic acids is 1. The summed E-state index contributed by atoms with van der Waals surface area (Å²) in [5.41, 5.74) is 5.21. The van der Waals surface area contributed by atoms with E-state index in [1.807, 2.05) is 45.3 Å². The first-order chi connectivity index (χ1) is 16.2. The number of aromatic nitrogens is 2. The third-order valence-electron chi connectivity index (χ3n) is 6.53. The molecule has 1 aliphatic rings. The molecule has 6 nitrogen and oxygen atoms in total. The second-order valence-electron chi connectivity index (χ2n) is 10.4. The Morgan fingerprint density at radius 3 is 2.47 bits per heavy atom. The van der Waals surface area contributed by atoms with Crippen LogP contribution in [0, 0.1) is 12.3 Å². The highest BCUT2D eigenvalue weighted by atomic mass is 16.5. The van der Waals surface area contributed by atoms with E-state index >= 15 is 0 Å². The Hall–Kier alpha value is -2.63. The first-order valence-corrected chi connectivity index (χ1v) is 12.7. The third-order valence-corrected chi connectivity index (χ3v) is 6.53. The van der Waals surface area contributed by atoms with E-state index in [-0.39, 0.29) is 18.5 Å². The van der Waals surface area contributed by atoms with E-state index in [1.54, 1.807) is 0 Å². The summed E-state index contributed by atoms with van der Waals surface area (Å²) >= 11 is 0. The lowest BCUT2D eigenvalue weighted by Crippen LogP contribution is -2.38. The number of aryl methyl sites for hydroxylation is 1. The number of rotatable bonds is 10. The molecule has 0 aromatic carbocycles. The topological polar surface area (TPSA) is 64.6 Å². The van der Waals surface area contributed by atoms with Crippen molar-refractivity contribution in [1.29, 1.82) is 0 Å². The maximum Gasteiger partial charge on any atom is 0.310 e. The molecule has 1 saturated heterocycles. The maximum absolute atomic E-state index is 12.7. The first kappa shape index (κ1) is 26.0. The van der Waals surface area contributed by atoms with Gasteiger partial charge in [0.05, 0.1) is 24.8 Å². The molecule has 34 heavy (non-hydrogen) atoms. The SMILES string of the molecule is CCCCCOc1ccc(-c2cnc(C)c(CC(=O)OC(C)C)c2N2CCC(C)(C)CC2)cn1. The summed E-state index contributed by atoms with van der Waals surface area (Å²) in [6.07, 6.45) is 9.41. The Bertz CT molecular complexity index is 944. The summed E-state index contributed by atoms with van der Waals surface area (Å²) < 4.78 is 11.3. The highest BCUT2D eigenvalue weighted by Gasteiger charge is 2.29. The molecule has 0 amide bonds. The fraction of sp³-hybridized carbons (Fsp3) is 0.607. The molecule has 0 unspecified atom stereocenters. The average molecular weight is 468 g/mol. The van der Waals surface area contributed by atoms with Gasteiger partial charge in [-0.3, -0.25) is 9.78 Å². The molecule has 0 spiro atoms. The number of hydrogen-bond donors (Lipinski definition) is 0. The second-order valence-corrected chi connectivity index (χ2v) is 10.4. The lowest BCUT2D eigenvalue weighted by Gasteiger charge is -2.40. The lowest BCUT2D eigenvalue weighted by atomic mass is 9.82. The van der Waals surface area contributed by atoms with Gasteiger partial charge in [-0.25, -0.2) is 4.98 Å². The normalized spacial score (nSPS) is 15.4. The zero-order valence-electron chi connectivity index (χ0n) is 21.8. The molecule has 2 aromatic heterocycles. The minimum atomic E-state index is -0.218. The van der Waals surface area contributed by atoms with Gasteiger partial charge in [-0.2, -0.15) is 0 Å². The van der Waals surface area contributed by atoms with Crippen LogP contribution in [0.4, 0.5) is 5.69 Å². The molecule has 0 saturated carbocycles. The Kier molecular flexibility index (Phi) is 8.92. The Morgan fingerprint density at radius 1 is 1.12 bits per heavy atom. The molecular weight excluding hydrogens is 426 g/mol. The standard InChI is InChI=1S/C28H41N3O3/c1-7-8-9-16-33-25-11-10-22(18-30-25)24-19-29-21(4)23(17-26(32)34-20(2)3)27(24)31-14-12-28(5,6)13-15-31/h10-11,18-20H,7-9,12-17H2,1-6H3. The number of anilines is 1. The summed E-state index contributed by atoms with van der Waals surface area (Å²) in [6.45, 7) is 15.1. The molecule has 0 aliphatic carbocycles. The molecule has 3 rings (SSSR count). The van der Waals surface area contributed by atoms with Crippen LogP contribution in [0.5, 0.6) is 5.88 Å². The van der Waals surface area contributed by atoms with Gasteiger partial charge in [0.2, 0.25) is 5.88 Å². The fourth-order valence-corrected chi connectivity index (χ4v) is 4.36. The van der Waals surface area contributed by atoms with Gasteiger partial charge < -0.3 is 14.4 Å². The van der Waals surface area contributed by atoms with Gasteiger partial charge in [-0.05, 0) is 51.5 Å². The second kappa shape index (κ2) is 11.7. The summed E-state index contributed by atoms with van der Waals surface area (Å²) in [5.74, 6) is 0.423. The number of hydrogen-bond acceptors (Lipinski definition) is 6. The Morgan fingerprint density at radius 2 is 1.85 bits per heavy atom. The largest absolute Gasteiger partial charge is 0.478 e. The van der Waals surface area contributed by atoms with Crippen molar-refractivity contribution in [3.05, 3.63) is 35.8 Å². The van der Waals surface area contributed by atoms with Crippen molar-refractivity contribution in [2.45, 2.75) is 86.2 Å². The molecule has 0 N–H and O–H groups in total. The predicted octanol–water partition coefficient (Wildman–Crippen LogP) is 6.14. The van der Waals surface area contributed by atoms with Gasteiger partial charge in [-0.1, -0.05) is 33.6 Å². The maximum atomic E-state index is 12.7. The summed E-state index contributed by atoms with van der Waals surface area (Å²) in [4.78, 5) is 24.3. The van der Waals surface area contributed by atoms with Crippen molar-refractivity contribution < 1.29 is 14.3 Å². The van der Waals surface area contributed by atoms with Gasteiger partial charge in [0.15, 0.2) is 0 Å². The van der Waals surface area contributed by atoms with Crippen LogP contribution >= 0.6 is 0 Å². The molecule has 2 aromatic rings. The third kappa shape index (κ3) is 6.94. The Balaban J connectivity index is 1.94. The van der Waals surface area contributed by atoms with Crippen LogP contribution in [0.15, 0.2) is 24.5 Å². The zero-order valence-corrected chi connectivity index (χ0v) is 21.8. The molecule has 3 heterocycles. The zero-order chi connectivity index (χ0) is 24.7. The molecule has 0 radical (unpaired) electrons. The van der Waals surface area contributed by atoms with Crippen molar-refractivity contribution in [2.24, 2.45) is 5.41 Å². The van der Waals surface area contributed by atoms with E-state index in [0.29, 0.717) is 17.9 Å². The van der Waals surface area contributed by atoms with Gasteiger partial charge in [0.1, 0.15) is 0 Å². The Labute approximate surface area is 205 Å². The number of pyridine rings is 2. The molecule has 6 heteroatoms. The molecule has 0 atom stereocenters. The highest BCUT2D eigenvalue weighted by Crippen LogP contribution is 2.40. The fourth-order valence-electron chi connectivity index (χ4n) is 4.36. The van der Waals surface area contributed by atoms with Crippen LogP contribution in [-0.2, 0) is 16.0 Å². The number of ether oxygens (including phenoxy) is 2. The van der Waals surface area contributed by atoms with Gasteiger partial charge >= 0.3 is 5.97 Å². The minimum Gasteiger partial charge on any atom is -0.478 e. The van der Waals surface area contributed by atoms with E-state index in [4.69, 9.17) is 9.47 Å². The number of esters is 1. The van der Waals surface area contributed by atoms with E-state index in [2.05, 4.69) is 35.6 Å². The predicted molar refractivity (Wildman–Crippen MR) is 137 cm³/mol. The van der Waals surface area contributed by atoms with Crippen molar-refractivity contribution in [3.8, 4) is 17.0 Å². The van der Waals surface area contributed by atoms with E-state index in [1.165, 1.54) is 6.42 Å². The van der Waals surface area contributed by atoms with Crippen LogP contribution in [0.2, 0.25) is 0 Å². The molecular formula is C28H41N3O3. The van der Waals surface area contributed by atoms with E-state index in [0.717, 1.165) is 66.8 Å². The van der Waals surface area contributed by atoms with Crippen LogP contribution < -0.4 is 9.64 Å². The van der Waals surface area contributed by atoms with Gasteiger partial charge in [-0.15, -0.1) is 0 Å². The molecule has 1 fully saturated rings. The highest BCUT2D eigenvalue weighted by molar-refractivity contribution is 5.85. The number of unbranched alkanes of at least 4 members (excludes halogenated alkanes) is 2. The number of carbonyl (C=O) groups is 1. The van der Waals surface area contributed by atoms with Gasteiger partial charge in [0, 0.05) is 53.9 Å². The summed E-state index contributed by atoms with van der Waals surface area (Å²) in [6, 6.07) is 3.97. The van der Waals surface area contributed by atoms with Crippen LogP contribution in [-0.4, -0.2) is 41.7 Å². The molecule has 186 valence electrons. The quantitative estimate of drug-likeness (QED) is 0.309. The van der Waals surface area contributed by atoms with E-state index in [9.17, 15) is 4.79 Å². The molecule has 1 aliphatic heterocycles. The first-order valence-electron chi connectivity index (χ1n) is 12.7. The summed E-state index contributed by atoms with van der Waals surface area (Å²) in [7, 11) is 0. The number of nitrogens with zero attached hydrogens (tertiary/aromatic N) is 3. The average Bonchev–Trinajstić information content (AvgIpc) is 2.78. The van der Waals surface area contributed by atoms with Crippen molar-refractivity contribution in [1.82, 2.24) is 9.97 Å². The van der Waals surface area contributed by atoms with Crippen molar-refractivity contribution >= 4 is 11.7 Å². The monoisotopic (exact) mass is 467 g/mol. The lowest BCUT2D eigenvalue weighted by molar-refractivity contribution is -0.146. The van der Waals surface area contributed by atoms with Crippen molar-refractivity contribution in [2.75, 3.05) is 24.6 Å². The van der Waals surface area contributed by atoms with Crippen LogP contribution in [0.25, 0.3) is 11.1 Å². The van der Waals surface area contributed by atoms with E-state index < -0.39 is 0 Å². The minimum absolute atomic E-state index is 0.141. The van der Waals surface area contributed by atoms with Gasteiger partial charge in [0.25, 0.3) is 0 Å². The van der Waals surface area contributed by atoms with Crippen molar-refractivity contribution in [3.63, 3.8) is 0 Å².